The fourth-order valence-corrected chi connectivity index (χ4v) is 4.57. The van der Waals surface area contributed by atoms with Crippen LogP contribution in [0.15, 0.2) is 30.5 Å². The molecule has 11 heteroatoms. The molecule has 1 aromatic carbocycles. The fourth-order valence-electron chi connectivity index (χ4n) is 4.57. The number of nitrogens with zero attached hydrogens (tertiary/aromatic N) is 4. The normalized spacial score (nSPS) is 19.3. The Hall–Kier alpha value is -3.37. The van der Waals surface area contributed by atoms with Gasteiger partial charge in [-0.1, -0.05) is 18.2 Å². The summed E-state index contributed by atoms with van der Waals surface area (Å²) in [5, 5.41) is 2.62. The summed E-state index contributed by atoms with van der Waals surface area (Å²) in [7, 11) is 0. The minimum Gasteiger partial charge on any atom is -0.444 e. The minimum absolute atomic E-state index is 0.0763. The Morgan fingerprint density at radius 3 is 2.53 bits per heavy atom. The van der Waals surface area contributed by atoms with E-state index in [1.54, 1.807) is 9.80 Å². The van der Waals surface area contributed by atoms with Crippen LogP contribution in [-0.4, -0.2) is 47.1 Å². The third kappa shape index (κ3) is 4.26. The van der Waals surface area contributed by atoms with Crippen LogP contribution in [-0.2, 0) is 17.5 Å². The van der Waals surface area contributed by atoms with Gasteiger partial charge in [0.1, 0.15) is 6.61 Å². The molecule has 2 aliphatic heterocycles. The Balaban J connectivity index is 1.32. The molecule has 0 unspecified atom stereocenters. The summed E-state index contributed by atoms with van der Waals surface area (Å²) in [5.41, 5.74) is -0.0798. The molecule has 3 aliphatic rings. The smallest absolute Gasteiger partial charge is 0.434 e. The van der Waals surface area contributed by atoms with Gasteiger partial charge >= 0.3 is 12.3 Å². The number of alkyl halides is 3. The largest absolute Gasteiger partial charge is 0.444 e. The van der Waals surface area contributed by atoms with Crippen molar-refractivity contribution in [1.29, 1.82) is 0 Å². The number of ether oxygens (including phenoxy) is 1. The molecular formula is C23H24F3N5O3. The maximum atomic E-state index is 13.7. The van der Waals surface area contributed by atoms with Gasteiger partial charge in [0.25, 0.3) is 5.91 Å². The number of carbonyl (C=O) groups is 2. The van der Waals surface area contributed by atoms with Gasteiger partial charge in [-0.25, -0.2) is 14.8 Å². The first-order valence-corrected chi connectivity index (χ1v) is 11.3. The topological polar surface area (TPSA) is 87.7 Å². The zero-order chi connectivity index (χ0) is 23.9. The first kappa shape index (κ1) is 22.4. The van der Waals surface area contributed by atoms with Gasteiger partial charge in [0, 0.05) is 36.9 Å². The second kappa shape index (κ2) is 8.77. The SMILES string of the molecule is O=C(NC1CCC1)c1cnc(N2CCC(N3C(=O)OCc4ccccc43)CC2)nc1C(F)(F)F. The number of anilines is 2. The predicted molar refractivity (Wildman–Crippen MR) is 116 cm³/mol. The van der Waals surface area contributed by atoms with Crippen LogP contribution in [0.2, 0.25) is 0 Å². The van der Waals surface area contributed by atoms with Crippen LogP contribution < -0.4 is 15.1 Å². The van der Waals surface area contributed by atoms with Crippen molar-refractivity contribution in [2.24, 2.45) is 0 Å². The monoisotopic (exact) mass is 475 g/mol. The number of amides is 2. The average Bonchev–Trinajstić information content (AvgIpc) is 2.80. The van der Waals surface area contributed by atoms with Gasteiger partial charge in [-0.2, -0.15) is 13.2 Å². The number of piperidine rings is 1. The Labute approximate surface area is 194 Å². The molecule has 2 fully saturated rings. The molecule has 1 N–H and O–H groups in total. The zero-order valence-electron chi connectivity index (χ0n) is 18.3. The van der Waals surface area contributed by atoms with Crippen LogP contribution >= 0.6 is 0 Å². The highest BCUT2D eigenvalue weighted by Crippen LogP contribution is 2.34. The summed E-state index contributed by atoms with van der Waals surface area (Å²) in [6.07, 6.45) is -0.757. The van der Waals surface area contributed by atoms with E-state index in [1.165, 1.54) is 0 Å². The summed E-state index contributed by atoms with van der Waals surface area (Å²) >= 11 is 0. The summed E-state index contributed by atoms with van der Waals surface area (Å²) in [6, 6.07) is 7.26. The van der Waals surface area contributed by atoms with Crippen molar-refractivity contribution in [3.8, 4) is 0 Å². The van der Waals surface area contributed by atoms with E-state index in [2.05, 4.69) is 15.3 Å². The van der Waals surface area contributed by atoms with Gasteiger partial charge in [0.05, 0.1) is 11.3 Å². The number of fused-ring (bicyclic) bond motifs is 1. The van der Waals surface area contributed by atoms with Gasteiger partial charge < -0.3 is 15.0 Å². The predicted octanol–water partition coefficient (Wildman–Crippen LogP) is 3.90. The molecule has 8 nitrogen and oxygen atoms in total. The number of cyclic esters (lactones) is 1. The average molecular weight is 475 g/mol. The van der Waals surface area contributed by atoms with Gasteiger partial charge in [-0.3, -0.25) is 9.69 Å². The molecule has 0 bridgehead atoms. The Bertz CT molecular complexity index is 1100. The van der Waals surface area contributed by atoms with E-state index in [9.17, 15) is 22.8 Å². The maximum absolute atomic E-state index is 13.7. The molecule has 0 spiro atoms. The van der Waals surface area contributed by atoms with Gasteiger partial charge in [0.2, 0.25) is 5.95 Å². The van der Waals surface area contributed by atoms with Gasteiger partial charge in [0.15, 0.2) is 5.69 Å². The van der Waals surface area contributed by atoms with Crippen molar-refractivity contribution in [3.05, 3.63) is 47.3 Å². The van der Waals surface area contributed by atoms with Crippen LogP contribution in [0.4, 0.5) is 29.6 Å². The van der Waals surface area contributed by atoms with Crippen molar-refractivity contribution in [2.75, 3.05) is 22.9 Å². The lowest BCUT2D eigenvalue weighted by molar-refractivity contribution is -0.141. The molecule has 2 aromatic rings. The Morgan fingerprint density at radius 2 is 1.85 bits per heavy atom. The van der Waals surface area contributed by atoms with E-state index in [0.717, 1.165) is 36.7 Å². The van der Waals surface area contributed by atoms with E-state index >= 15 is 0 Å². The number of hydrogen-bond donors (Lipinski definition) is 1. The molecule has 34 heavy (non-hydrogen) atoms. The lowest BCUT2D eigenvalue weighted by atomic mass is 9.93. The van der Waals surface area contributed by atoms with Crippen LogP contribution in [0.5, 0.6) is 0 Å². The van der Waals surface area contributed by atoms with Crippen molar-refractivity contribution >= 4 is 23.6 Å². The maximum Gasteiger partial charge on any atom is 0.434 e. The number of benzene rings is 1. The quantitative estimate of drug-likeness (QED) is 0.722. The highest BCUT2D eigenvalue weighted by atomic mass is 19.4. The van der Waals surface area contributed by atoms with Crippen LogP contribution in [0, 0.1) is 0 Å². The number of carbonyl (C=O) groups excluding carboxylic acids is 2. The summed E-state index contributed by atoms with van der Waals surface area (Å²) in [4.78, 5) is 36.0. The molecule has 5 rings (SSSR count). The molecule has 1 aliphatic carbocycles. The molecule has 3 heterocycles. The second-order valence-electron chi connectivity index (χ2n) is 8.80. The minimum atomic E-state index is -4.79. The molecule has 1 aromatic heterocycles. The van der Waals surface area contributed by atoms with E-state index < -0.39 is 29.4 Å². The molecule has 0 atom stereocenters. The summed E-state index contributed by atoms with van der Waals surface area (Å²) < 4.78 is 46.5. The third-order valence-electron chi connectivity index (χ3n) is 6.64. The summed E-state index contributed by atoms with van der Waals surface area (Å²) in [6.45, 7) is 0.947. The standard InChI is InChI=1S/C23H24F3N5O3/c24-23(25,26)19-17(20(32)28-15-5-3-6-15)12-27-21(29-19)30-10-8-16(9-11-30)31-18-7-2-1-4-14(18)13-34-22(31)33/h1-2,4,7,12,15-16H,3,5-6,8-11,13H2,(H,28,32). The highest BCUT2D eigenvalue weighted by Gasteiger charge is 2.40. The zero-order valence-corrected chi connectivity index (χ0v) is 18.3. The number of para-hydroxylation sites is 1. The number of halogens is 3. The van der Waals surface area contributed by atoms with Crippen LogP contribution in [0.3, 0.4) is 0 Å². The molecular weight excluding hydrogens is 451 g/mol. The van der Waals surface area contributed by atoms with Crippen molar-refractivity contribution < 1.29 is 27.5 Å². The van der Waals surface area contributed by atoms with Gasteiger partial charge in [-0.05, 0) is 38.2 Å². The van der Waals surface area contributed by atoms with Crippen LogP contribution in [0.25, 0.3) is 0 Å². The number of hydrogen-bond acceptors (Lipinski definition) is 6. The van der Waals surface area contributed by atoms with E-state index in [0.29, 0.717) is 25.9 Å². The van der Waals surface area contributed by atoms with Crippen molar-refractivity contribution in [2.45, 2.75) is 57.0 Å². The Kier molecular flexibility index (Phi) is 5.78. The number of nitrogens with one attached hydrogen (secondary N) is 1. The summed E-state index contributed by atoms with van der Waals surface area (Å²) in [5.74, 6) is -0.878. The van der Waals surface area contributed by atoms with Crippen LogP contribution in [0.1, 0.15) is 53.7 Å². The number of aromatic nitrogens is 2. The van der Waals surface area contributed by atoms with E-state index in [4.69, 9.17) is 4.74 Å². The third-order valence-corrected chi connectivity index (χ3v) is 6.64. The van der Waals surface area contributed by atoms with Crippen molar-refractivity contribution in [3.63, 3.8) is 0 Å². The second-order valence-corrected chi connectivity index (χ2v) is 8.80. The van der Waals surface area contributed by atoms with Crippen molar-refractivity contribution in [1.82, 2.24) is 15.3 Å². The lowest BCUT2D eigenvalue weighted by Crippen LogP contribution is -2.50. The molecule has 0 radical (unpaired) electrons. The van der Waals surface area contributed by atoms with Gasteiger partial charge in [-0.15, -0.1) is 0 Å². The first-order valence-electron chi connectivity index (χ1n) is 11.3. The molecule has 2 amide bonds. The molecule has 1 saturated carbocycles. The van der Waals surface area contributed by atoms with E-state index in [1.807, 2.05) is 24.3 Å². The molecule has 180 valence electrons. The first-order chi connectivity index (χ1) is 16.3. The lowest BCUT2D eigenvalue weighted by Gasteiger charge is -2.40. The Morgan fingerprint density at radius 1 is 1.12 bits per heavy atom. The number of rotatable bonds is 4. The van der Waals surface area contributed by atoms with E-state index in [-0.39, 0.29) is 24.6 Å². The fraction of sp³-hybridized carbons (Fsp3) is 0.478. The highest BCUT2D eigenvalue weighted by molar-refractivity contribution is 5.95. The molecule has 1 saturated heterocycles.